The quantitative estimate of drug-likeness (QED) is 0.915. The van der Waals surface area contributed by atoms with Gasteiger partial charge in [0.15, 0.2) is 0 Å². The highest BCUT2D eigenvalue weighted by atomic mass is 16.5. The number of fused-ring (bicyclic) bond motifs is 1. The first-order valence-electron chi connectivity index (χ1n) is 7.54. The van der Waals surface area contributed by atoms with Gasteiger partial charge in [0.25, 0.3) is 0 Å². The van der Waals surface area contributed by atoms with Gasteiger partial charge >= 0.3 is 0 Å². The Morgan fingerprint density at radius 3 is 2.57 bits per heavy atom. The smallest absolute Gasteiger partial charge is 0.232 e. The van der Waals surface area contributed by atoms with Crippen LogP contribution in [-0.2, 0) is 9.59 Å². The molecule has 0 saturated heterocycles. The van der Waals surface area contributed by atoms with Gasteiger partial charge in [-0.3, -0.25) is 9.59 Å². The van der Waals surface area contributed by atoms with E-state index < -0.39 is 0 Å². The van der Waals surface area contributed by atoms with E-state index in [-0.39, 0.29) is 17.7 Å². The molecule has 1 heterocycles. The van der Waals surface area contributed by atoms with Gasteiger partial charge in [-0.15, -0.1) is 0 Å². The summed E-state index contributed by atoms with van der Waals surface area (Å²) in [4.78, 5) is 23.7. The van der Waals surface area contributed by atoms with E-state index in [1.165, 1.54) is 6.92 Å². The van der Waals surface area contributed by atoms with Crippen LogP contribution in [0.25, 0.3) is 0 Å². The van der Waals surface area contributed by atoms with Crippen molar-refractivity contribution in [1.82, 2.24) is 0 Å². The second-order valence-electron chi connectivity index (χ2n) is 5.48. The summed E-state index contributed by atoms with van der Waals surface area (Å²) < 4.78 is 5.59. The van der Waals surface area contributed by atoms with E-state index in [2.05, 4.69) is 10.6 Å². The molecule has 0 bridgehead atoms. The lowest BCUT2D eigenvalue weighted by atomic mass is 9.92. The molecule has 1 unspecified atom stereocenters. The standard InChI is InChI=1S/C18H18N2O3/c1-12(21)19-13-5-4-6-14(11-13)20-18(22)16-9-10-23-17-8-3-2-7-15(16)17/h2-8,11,16H,9-10H2,1H3,(H,19,21)(H,20,22). The minimum atomic E-state index is -0.232. The van der Waals surface area contributed by atoms with E-state index in [0.29, 0.717) is 24.4 Å². The van der Waals surface area contributed by atoms with Crippen molar-refractivity contribution in [2.24, 2.45) is 0 Å². The van der Waals surface area contributed by atoms with Gasteiger partial charge in [0.2, 0.25) is 11.8 Å². The Hall–Kier alpha value is -2.82. The maximum absolute atomic E-state index is 12.6. The Labute approximate surface area is 134 Å². The topological polar surface area (TPSA) is 67.4 Å². The second kappa shape index (κ2) is 6.52. The molecule has 0 spiro atoms. The van der Waals surface area contributed by atoms with E-state index in [4.69, 9.17) is 4.74 Å². The third-order valence-corrected chi connectivity index (χ3v) is 3.73. The summed E-state index contributed by atoms with van der Waals surface area (Å²) in [7, 11) is 0. The normalized spacial score (nSPS) is 16.0. The molecule has 23 heavy (non-hydrogen) atoms. The number of para-hydroxylation sites is 1. The van der Waals surface area contributed by atoms with Crippen LogP contribution in [0, 0.1) is 0 Å². The van der Waals surface area contributed by atoms with Crippen LogP contribution in [0.1, 0.15) is 24.8 Å². The molecule has 0 aliphatic carbocycles. The molecule has 1 atom stereocenters. The van der Waals surface area contributed by atoms with Crippen molar-refractivity contribution >= 4 is 23.2 Å². The maximum atomic E-state index is 12.6. The van der Waals surface area contributed by atoms with Crippen LogP contribution in [0.5, 0.6) is 5.75 Å². The lowest BCUT2D eigenvalue weighted by molar-refractivity contribution is -0.118. The fraction of sp³-hybridized carbons (Fsp3) is 0.222. The number of anilines is 2. The molecule has 2 aromatic carbocycles. The number of hydrogen-bond acceptors (Lipinski definition) is 3. The van der Waals surface area contributed by atoms with Crippen LogP contribution >= 0.6 is 0 Å². The molecular formula is C18H18N2O3. The summed E-state index contributed by atoms with van der Waals surface area (Å²) in [5, 5.41) is 5.62. The summed E-state index contributed by atoms with van der Waals surface area (Å²) in [6.07, 6.45) is 0.647. The monoisotopic (exact) mass is 310 g/mol. The number of carbonyl (C=O) groups is 2. The zero-order valence-corrected chi connectivity index (χ0v) is 12.8. The molecular weight excluding hydrogens is 292 g/mol. The molecule has 0 aromatic heterocycles. The Kier molecular flexibility index (Phi) is 4.28. The van der Waals surface area contributed by atoms with Gasteiger partial charge in [0.05, 0.1) is 12.5 Å². The summed E-state index contributed by atoms with van der Waals surface area (Å²) >= 11 is 0. The van der Waals surface area contributed by atoms with Crippen LogP contribution < -0.4 is 15.4 Å². The van der Waals surface area contributed by atoms with Crippen molar-refractivity contribution < 1.29 is 14.3 Å². The van der Waals surface area contributed by atoms with E-state index >= 15 is 0 Å². The number of ether oxygens (including phenoxy) is 1. The SMILES string of the molecule is CC(=O)Nc1cccc(NC(=O)C2CCOc3ccccc32)c1. The fourth-order valence-electron chi connectivity index (χ4n) is 2.72. The summed E-state index contributed by atoms with van der Waals surface area (Å²) in [5.41, 5.74) is 2.22. The highest BCUT2D eigenvalue weighted by molar-refractivity contribution is 5.97. The zero-order chi connectivity index (χ0) is 16.2. The Bertz CT molecular complexity index is 743. The number of carbonyl (C=O) groups excluding carboxylic acids is 2. The number of nitrogens with one attached hydrogen (secondary N) is 2. The third kappa shape index (κ3) is 3.51. The van der Waals surface area contributed by atoms with E-state index in [0.717, 1.165) is 11.3 Å². The zero-order valence-electron chi connectivity index (χ0n) is 12.8. The van der Waals surface area contributed by atoms with Gasteiger partial charge in [0.1, 0.15) is 5.75 Å². The first-order chi connectivity index (χ1) is 11.1. The lowest BCUT2D eigenvalue weighted by Crippen LogP contribution is -2.26. The van der Waals surface area contributed by atoms with Gasteiger partial charge in [-0.1, -0.05) is 24.3 Å². The predicted molar refractivity (Wildman–Crippen MR) is 88.7 cm³/mol. The number of benzene rings is 2. The number of hydrogen-bond donors (Lipinski definition) is 2. The molecule has 5 nitrogen and oxygen atoms in total. The van der Waals surface area contributed by atoms with E-state index in [9.17, 15) is 9.59 Å². The maximum Gasteiger partial charge on any atom is 0.232 e. The fourth-order valence-corrected chi connectivity index (χ4v) is 2.72. The average Bonchev–Trinajstić information content (AvgIpc) is 2.54. The highest BCUT2D eigenvalue weighted by Crippen LogP contribution is 2.34. The van der Waals surface area contributed by atoms with Crippen LogP contribution in [0.2, 0.25) is 0 Å². The van der Waals surface area contributed by atoms with Crippen molar-refractivity contribution in [3.63, 3.8) is 0 Å². The Morgan fingerprint density at radius 1 is 1.04 bits per heavy atom. The lowest BCUT2D eigenvalue weighted by Gasteiger charge is -2.25. The number of amides is 2. The molecule has 0 fully saturated rings. The van der Waals surface area contributed by atoms with Crippen molar-refractivity contribution in [1.29, 1.82) is 0 Å². The molecule has 0 radical (unpaired) electrons. The Balaban J connectivity index is 1.76. The molecule has 5 heteroatoms. The molecule has 1 aliphatic rings. The first-order valence-corrected chi connectivity index (χ1v) is 7.54. The summed E-state index contributed by atoms with van der Waals surface area (Å²) in [6, 6.07) is 14.7. The first kappa shape index (κ1) is 15.1. The van der Waals surface area contributed by atoms with Crippen LogP contribution in [-0.4, -0.2) is 18.4 Å². The van der Waals surface area contributed by atoms with Gasteiger partial charge in [-0.25, -0.2) is 0 Å². The van der Waals surface area contributed by atoms with Crippen LogP contribution in [0.3, 0.4) is 0 Å². The molecule has 2 amide bonds. The van der Waals surface area contributed by atoms with Gasteiger partial charge in [0, 0.05) is 23.9 Å². The van der Waals surface area contributed by atoms with Gasteiger partial charge in [-0.2, -0.15) is 0 Å². The minimum absolute atomic E-state index is 0.0688. The molecule has 0 saturated carbocycles. The molecule has 2 N–H and O–H groups in total. The van der Waals surface area contributed by atoms with Crippen LogP contribution in [0.4, 0.5) is 11.4 Å². The molecule has 118 valence electrons. The van der Waals surface area contributed by atoms with Gasteiger partial charge in [-0.05, 0) is 30.7 Å². The van der Waals surface area contributed by atoms with Crippen molar-refractivity contribution in [2.75, 3.05) is 17.2 Å². The predicted octanol–water partition coefficient (Wildman–Crippen LogP) is 3.15. The minimum Gasteiger partial charge on any atom is -0.493 e. The second-order valence-corrected chi connectivity index (χ2v) is 5.48. The van der Waals surface area contributed by atoms with Gasteiger partial charge < -0.3 is 15.4 Å². The average molecular weight is 310 g/mol. The molecule has 3 rings (SSSR count). The molecule has 2 aromatic rings. The highest BCUT2D eigenvalue weighted by Gasteiger charge is 2.27. The van der Waals surface area contributed by atoms with E-state index in [1.54, 1.807) is 24.3 Å². The number of rotatable bonds is 3. The molecule has 1 aliphatic heterocycles. The van der Waals surface area contributed by atoms with Crippen LogP contribution in [0.15, 0.2) is 48.5 Å². The van der Waals surface area contributed by atoms with Crippen molar-refractivity contribution in [2.45, 2.75) is 19.3 Å². The van der Waals surface area contributed by atoms with Crippen molar-refractivity contribution in [3.8, 4) is 5.75 Å². The largest absolute Gasteiger partial charge is 0.493 e. The van der Waals surface area contributed by atoms with E-state index in [1.807, 2.05) is 24.3 Å². The summed E-state index contributed by atoms with van der Waals surface area (Å²) in [5.74, 6) is 0.322. The van der Waals surface area contributed by atoms with Crippen molar-refractivity contribution in [3.05, 3.63) is 54.1 Å². The Morgan fingerprint density at radius 2 is 1.78 bits per heavy atom. The summed E-state index contributed by atoms with van der Waals surface area (Å²) in [6.45, 7) is 1.98. The third-order valence-electron chi connectivity index (χ3n) is 3.73.